The van der Waals surface area contributed by atoms with Crippen LogP contribution in [0.3, 0.4) is 0 Å². The summed E-state index contributed by atoms with van der Waals surface area (Å²) in [7, 11) is 0. The molecule has 8 heteroatoms. The number of hydrazone groups is 1. The first-order valence-corrected chi connectivity index (χ1v) is 11.1. The summed E-state index contributed by atoms with van der Waals surface area (Å²) in [6.45, 7) is 2.74. The van der Waals surface area contributed by atoms with Gasteiger partial charge in [0.2, 0.25) is 5.91 Å². The number of hydrogen-bond acceptors (Lipinski definition) is 6. The predicted molar refractivity (Wildman–Crippen MR) is 130 cm³/mol. The topological polar surface area (TPSA) is 101 Å². The molecule has 1 aliphatic rings. The average molecular weight is 472 g/mol. The lowest BCUT2D eigenvalue weighted by atomic mass is 10.0. The van der Waals surface area contributed by atoms with Crippen LogP contribution in [-0.2, 0) is 19.1 Å². The Balaban J connectivity index is 1.51. The number of nitrogens with one attached hydrogen (secondary N) is 1. The molecule has 0 aliphatic carbocycles. The monoisotopic (exact) mass is 471 g/mol. The zero-order valence-electron chi connectivity index (χ0n) is 19.4. The molecule has 0 fully saturated rings. The van der Waals surface area contributed by atoms with Gasteiger partial charge in [0.1, 0.15) is 17.5 Å². The Labute approximate surface area is 202 Å². The van der Waals surface area contributed by atoms with Gasteiger partial charge in [0.05, 0.1) is 12.0 Å². The standard InChI is InChI=1S/C27H25N3O5/c1-18-10-12-21(13-11-18)22-16-24(25-9-6-14-34-25)30(29-22)26(32)17-35-27(33)23(28-19(2)31)15-20-7-4-3-5-8-20/h3-15,24H,16-17H2,1-2H3,(H,28,31)/b23-15+. The molecule has 1 aliphatic heterocycles. The molecule has 0 saturated heterocycles. The number of rotatable bonds is 7. The number of ether oxygens (including phenoxy) is 1. The molecule has 4 rings (SSSR count). The Morgan fingerprint density at radius 2 is 1.83 bits per heavy atom. The fourth-order valence-corrected chi connectivity index (χ4v) is 3.69. The molecular formula is C27H25N3O5. The van der Waals surface area contributed by atoms with Crippen molar-refractivity contribution in [2.75, 3.05) is 6.61 Å². The number of aryl methyl sites for hydroxylation is 1. The summed E-state index contributed by atoms with van der Waals surface area (Å²) in [4.78, 5) is 37.4. The van der Waals surface area contributed by atoms with E-state index in [9.17, 15) is 14.4 Å². The summed E-state index contributed by atoms with van der Waals surface area (Å²) in [6.07, 6.45) is 3.49. The smallest absolute Gasteiger partial charge is 0.355 e. The molecule has 35 heavy (non-hydrogen) atoms. The van der Waals surface area contributed by atoms with Crippen molar-refractivity contribution in [3.05, 3.63) is 101 Å². The first-order valence-electron chi connectivity index (χ1n) is 11.1. The summed E-state index contributed by atoms with van der Waals surface area (Å²) in [5.74, 6) is -1.18. The Morgan fingerprint density at radius 3 is 2.49 bits per heavy atom. The third kappa shape index (κ3) is 5.92. The van der Waals surface area contributed by atoms with Crippen LogP contribution in [0.15, 0.2) is 88.2 Å². The normalized spacial score (nSPS) is 15.5. The van der Waals surface area contributed by atoms with Gasteiger partial charge in [0.25, 0.3) is 5.91 Å². The van der Waals surface area contributed by atoms with Crippen molar-refractivity contribution >= 4 is 29.6 Å². The maximum Gasteiger partial charge on any atom is 0.355 e. The van der Waals surface area contributed by atoms with Crippen LogP contribution in [0.4, 0.5) is 0 Å². The zero-order valence-corrected chi connectivity index (χ0v) is 19.4. The molecule has 1 N–H and O–H groups in total. The zero-order chi connectivity index (χ0) is 24.8. The molecule has 178 valence electrons. The predicted octanol–water partition coefficient (Wildman–Crippen LogP) is 3.99. The van der Waals surface area contributed by atoms with Crippen LogP contribution in [0.25, 0.3) is 6.08 Å². The Hall–Kier alpha value is -4.46. The SMILES string of the molecule is CC(=O)N/C(=C/c1ccccc1)C(=O)OCC(=O)N1N=C(c2ccc(C)cc2)CC1c1ccco1. The van der Waals surface area contributed by atoms with Gasteiger partial charge >= 0.3 is 5.97 Å². The fraction of sp³-hybridized carbons (Fsp3) is 0.185. The van der Waals surface area contributed by atoms with Gasteiger partial charge in [-0.1, -0.05) is 60.2 Å². The van der Waals surface area contributed by atoms with Crippen LogP contribution in [0.2, 0.25) is 0 Å². The fourth-order valence-electron chi connectivity index (χ4n) is 3.69. The molecule has 0 bridgehead atoms. The van der Waals surface area contributed by atoms with Crippen molar-refractivity contribution in [2.24, 2.45) is 5.10 Å². The summed E-state index contributed by atoms with van der Waals surface area (Å²) in [5, 5.41) is 8.29. The van der Waals surface area contributed by atoms with Crippen LogP contribution in [0.5, 0.6) is 0 Å². The van der Waals surface area contributed by atoms with E-state index in [1.165, 1.54) is 24.3 Å². The maximum absolute atomic E-state index is 13.1. The van der Waals surface area contributed by atoms with Crippen molar-refractivity contribution < 1.29 is 23.5 Å². The molecule has 0 spiro atoms. The number of esters is 1. The summed E-state index contributed by atoms with van der Waals surface area (Å²) >= 11 is 0. The number of carbonyl (C=O) groups excluding carboxylic acids is 3. The third-order valence-corrected chi connectivity index (χ3v) is 5.39. The first-order chi connectivity index (χ1) is 16.9. The lowest BCUT2D eigenvalue weighted by Gasteiger charge is -2.19. The number of carbonyl (C=O) groups is 3. The van der Waals surface area contributed by atoms with Gasteiger partial charge in [-0.3, -0.25) is 9.59 Å². The number of amides is 2. The Bertz CT molecular complexity index is 1260. The van der Waals surface area contributed by atoms with Crippen LogP contribution < -0.4 is 5.32 Å². The van der Waals surface area contributed by atoms with Gasteiger partial charge in [-0.15, -0.1) is 0 Å². The number of benzene rings is 2. The molecule has 2 aromatic carbocycles. The van der Waals surface area contributed by atoms with E-state index >= 15 is 0 Å². The third-order valence-electron chi connectivity index (χ3n) is 5.39. The maximum atomic E-state index is 13.1. The molecule has 8 nitrogen and oxygen atoms in total. The summed E-state index contributed by atoms with van der Waals surface area (Å²) in [5.41, 5.74) is 3.38. The van der Waals surface area contributed by atoms with Crippen molar-refractivity contribution in [1.29, 1.82) is 0 Å². The second-order valence-corrected chi connectivity index (χ2v) is 8.11. The van der Waals surface area contributed by atoms with Gasteiger partial charge in [-0.2, -0.15) is 5.10 Å². The highest BCUT2D eigenvalue weighted by atomic mass is 16.5. The van der Waals surface area contributed by atoms with Crippen LogP contribution in [-0.4, -0.2) is 35.1 Å². The number of furan rings is 1. The highest BCUT2D eigenvalue weighted by molar-refractivity contribution is 6.03. The van der Waals surface area contributed by atoms with Gasteiger partial charge in [-0.05, 0) is 36.3 Å². The van der Waals surface area contributed by atoms with E-state index in [0.717, 1.165) is 16.8 Å². The largest absolute Gasteiger partial charge is 0.467 e. The molecule has 3 aromatic rings. The van der Waals surface area contributed by atoms with Gasteiger partial charge in [-0.25, -0.2) is 9.80 Å². The highest BCUT2D eigenvalue weighted by Gasteiger charge is 2.35. The van der Waals surface area contributed by atoms with Gasteiger partial charge in [0.15, 0.2) is 6.61 Å². The van der Waals surface area contributed by atoms with Crippen molar-refractivity contribution in [3.63, 3.8) is 0 Å². The first kappa shape index (κ1) is 23.7. The minimum atomic E-state index is -0.825. The van der Waals surface area contributed by atoms with Crippen LogP contribution in [0.1, 0.15) is 41.8 Å². The van der Waals surface area contributed by atoms with E-state index in [0.29, 0.717) is 17.7 Å². The average Bonchev–Trinajstić information content (AvgIpc) is 3.53. The van der Waals surface area contributed by atoms with Crippen LogP contribution >= 0.6 is 0 Å². The second kappa shape index (κ2) is 10.6. The molecule has 1 aromatic heterocycles. The molecule has 1 atom stereocenters. The van der Waals surface area contributed by atoms with Gasteiger partial charge in [0, 0.05) is 13.3 Å². The van der Waals surface area contributed by atoms with Crippen molar-refractivity contribution in [2.45, 2.75) is 26.3 Å². The lowest BCUT2D eigenvalue weighted by Crippen LogP contribution is -2.33. The molecule has 0 saturated carbocycles. The van der Waals surface area contributed by atoms with Crippen LogP contribution in [0, 0.1) is 6.92 Å². The van der Waals surface area contributed by atoms with E-state index in [4.69, 9.17) is 9.15 Å². The van der Waals surface area contributed by atoms with E-state index < -0.39 is 30.4 Å². The molecule has 1 unspecified atom stereocenters. The van der Waals surface area contributed by atoms with E-state index in [1.54, 1.807) is 36.4 Å². The second-order valence-electron chi connectivity index (χ2n) is 8.11. The van der Waals surface area contributed by atoms with E-state index in [-0.39, 0.29) is 5.70 Å². The highest BCUT2D eigenvalue weighted by Crippen LogP contribution is 2.33. The Morgan fingerprint density at radius 1 is 1.09 bits per heavy atom. The molecule has 0 radical (unpaired) electrons. The van der Waals surface area contributed by atoms with Crippen molar-refractivity contribution in [3.8, 4) is 0 Å². The molecular weight excluding hydrogens is 446 g/mol. The molecule has 2 amide bonds. The van der Waals surface area contributed by atoms with E-state index in [1.807, 2.05) is 37.3 Å². The Kier molecular flexibility index (Phi) is 7.21. The summed E-state index contributed by atoms with van der Waals surface area (Å²) < 4.78 is 10.8. The number of nitrogens with zero attached hydrogens (tertiary/aromatic N) is 2. The van der Waals surface area contributed by atoms with E-state index in [2.05, 4.69) is 10.4 Å². The minimum absolute atomic E-state index is 0.0654. The lowest BCUT2D eigenvalue weighted by molar-refractivity contribution is -0.150. The minimum Gasteiger partial charge on any atom is -0.467 e. The quantitative estimate of drug-likeness (QED) is 0.415. The summed E-state index contributed by atoms with van der Waals surface area (Å²) in [6, 6.07) is 19.9. The van der Waals surface area contributed by atoms with Gasteiger partial charge < -0.3 is 14.5 Å². The van der Waals surface area contributed by atoms with Crippen molar-refractivity contribution in [1.82, 2.24) is 10.3 Å². The number of hydrogen-bond donors (Lipinski definition) is 1. The molecule has 2 heterocycles.